The Balaban J connectivity index is 2.19. The third kappa shape index (κ3) is 3.97. The molecule has 5 nitrogen and oxygen atoms in total. The predicted molar refractivity (Wildman–Crippen MR) is 76.2 cm³/mol. The van der Waals surface area contributed by atoms with Crippen molar-refractivity contribution in [1.82, 2.24) is 0 Å². The van der Waals surface area contributed by atoms with Crippen molar-refractivity contribution in [2.45, 2.75) is 6.92 Å². The van der Waals surface area contributed by atoms with E-state index in [0.29, 0.717) is 16.5 Å². The van der Waals surface area contributed by atoms with Gasteiger partial charge in [0.2, 0.25) is 0 Å². The highest BCUT2D eigenvalue weighted by Crippen LogP contribution is 2.31. The highest BCUT2D eigenvalue weighted by Gasteiger charge is 2.08. The van der Waals surface area contributed by atoms with Crippen molar-refractivity contribution in [2.75, 3.05) is 0 Å². The average Bonchev–Trinajstić information content (AvgIpc) is 2.42. The second kappa shape index (κ2) is 6.28. The zero-order valence-electron chi connectivity index (χ0n) is 11.0. The minimum absolute atomic E-state index is 0.166. The summed E-state index contributed by atoms with van der Waals surface area (Å²) < 4.78 is 10.5. The molecule has 0 saturated heterocycles. The molecule has 0 aliphatic carbocycles. The van der Waals surface area contributed by atoms with Crippen LogP contribution in [0.3, 0.4) is 0 Å². The van der Waals surface area contributed by atoms with E-state index in [2.05, 4.69) is 0 Å². The summed E-state index contributed by atoms with van der Waals surface area (Å²) >= 11 is 5.90. The van der Waals surface area contributed by atoms with Crippen LogP contribution in [0.4, 0.5) is 0 Å². The first-order chi connectivity index (χ1) is 9.95. The molecule has 0 heterocycles. The normalized spacial score (nSPS) is 10.0. The van der Waals surface area contributed by atoms with Crippen LogP contribution in [-0.4, -0.2) is 17.0 Å². The Morgan fingerprint density at radius 1 is 1.05 bits per heavy atom. The van der Waals surface area contributed by atoms with Gasteiger partial charge >= 0.3 is 11.9 Å². The molecular formula is C15H11ClO5. The van der Waals surface area contributed by atoms with Crippen molar-refractivity contribution in [3.63, 3.8) is 0 Å². The van der Waals surface area contributed by atoms with E-state index < -0.39 is 11.9 Å². The Labute approximate surface area is 125 Å². The van der Waals surface area contributed by atoms with Crippen molar-refractivity contribution < 1.29 is 24.2 Å². The molecule has 0 radical (unpaired) electrons. The molecule has 21 heavy (non-hydrogen) atoms. The maximum atomic E-state index is 11.0. The van der Waals surface area contributed by atoms with E-state index in [-0.39, 0.29) is 11.3 Å². The standard InChI is InChI=1S/C15H11ClO5/c1-9(17)20-14-8-12(6-7-13(14)16)21-11-4-2-10(3-5-11)15(18)19/h2-8H,1H3,(H,18,19). The van der Waals surface area contributed by atoms with Crippen LogP contribution in [0.5, 0.6) is 17.2 Å². The first-order valence-corrected chi connectivity index (χ1v) is 6.32. The Kier molecular flexibility index (Phi) is 4.45. The molecule has 0 bridgehead atoms. The third-order valence-corrected chi connectivity index (χ3v) is 2.81. The summed E-state index contributed by atoms with van der Waals surface area (Å²) in [5, 5.41) is 9.10. The average molecular weight is 307 g/mol. The number of esters is 1. The van der Waals surface area contributed by atoms with E-state index in [1.165, 1.54) is 37.3 Å². The quantitative estimate of drug-likeness (QED) is 0.688. The van der Waals surface area contributed by atoms with E-state index in [0.717, 1.165) is 0 Å². The third-order valence-electron chi connectivity index (χ3n) is 2.49. The Hall–Kier alpha value is -2.53. The van der Waals surface area contributed by atoms with Crippen LogP contribution in [0.15, 0.2) is 42.5 Å². The van der Waals surface area contributed by atoms with Gasteiger partial charge < -0.3 is 14.6 Å². The van der Waals surface area contributed by atoms with Crippen LogP contribution in [0.2, 0.25) is 5.02 Å². The van der Waals surface area contributed by atoms with Crippen LogP contribution < -0.4 is 9.47 Å². The molecule has 0 spiro atoms. The van der Waals surface area contributed by atoms with Crippen LogP contribution in [0.1, 0.15) is 17.3 Å². The Morgan fingerprint density at radius 3 is 2.24 bits per heavy atom. The molecular weight excluding hydrogens is 296 g/mol. The number of aromatic carboxylic acids is 1. The van der Waals surface area contributed by atoms with Crippen molar-refractivity contribution in [2.24, 2.45) is 0 Å². The van der Waals surface area contributed by atoms with E-state index in [4.69, 9.17) is 26.2 Å². The van der Waals surface area contributed by atoms with Gasteiger partial charge in [-0.1, -0.05) is 11.6 Å². The molecule has 6 heteroatoms. The summed E-state index contributed by atoms with van der Waals surface area (Å²) in [6.07, 6.45) is 0. The molecule has 0 amide bonds. The summed E-state index contributed by atoms with van der Waals surface area (Å²) in [4.78, 5) is 21.7. The lowest BCUT2D eigenvalue weighted by atomic mass is 10.2. The number of rotatable bonds is 4. The molecule has 2 aromatic rings. The molecule has 108 valence electrons. The second-order valence-electron chi connectivity index (χ2n) is 4.12. The number of carboxylic acids is 1. The molecule has 0 fully saturated rings. The summed E-state index contributed by atoms with van der Waals surface area (Å²) in [5.74, 6) is -0.427. The van der Waals surface area contributed by atoms with Gasteiger partial charge in [-0.3, -0.25) is 4.79 Å². The molecule has 1 N–H and O–H groups in total. The largest absolute Gasteiger partial charge is 0.478 e. The molecule has 0 aliphatic heterocycles. The highest BCUT2D eigenvalue weighted by molar-refractivity contribution is 6.32. The van der Waals surface area contributed by atoms with Crippen molar-refractivity contribution in [3.8, 4) is 17.2 Å². The summed E-state index contributed by atoms with van der Waals surface area (Å²) in [6, 6.07) is 10.6. The topological polar surface area (TPSA) is 72.8 Å². The van der Waals surface area contributed by atoms with Gasteiger partial charge in [0.15, 0.2) is 5.75 Å². The van der Waals surface area contributed by atoms with Gasteiger partial charge in [-0.25, -0.2) is 4.79 Å². The molecule has 0 aliphatic rings. The lowest BCUT2D eigenvalue weighted by Crippen LogP contribution is -2.02. The summed E-state index contributed by atoms with van der Waals surface area (Å²) in [7, 11) is 0. The summed E-state index contributed by atoms with van der Waals surface area (Å²) in [5.41, 5.74) is 0.166. The fourth-order valence-electron chi connectivity index (χ4n) is 1.58. The number of benzene rings is 2. The van der Waals surface area contributed by atoms with Gasteiger partial charge in [0, 0.05) is 13.0 Å². The molecule has 0 atom stereocenters. The van der Waals surface area contributed by atoms with Crippen LogP contribution in [0, 0.1) is 0 Å². The van der Waals surface area contributed by atoms with E-state index in [9.17, 15) is 9.59 Å². The lowest BCUT2D eigenvalue weighted by molar-refractivity contribution is -0.131. The van der Waals surface area contributed by atoms with Crippen LogP contribution >= 0.6 is 11.6 Å². The molecule has 0 saturated carbocycles. The number of carbonyl (C=O) groups is 2. The molecule has 0 unspecified atom stereocenters. The van der Waals surface area contributed by atoms with Crippen LogP contribution in [0.25, 0.3) is 0 Å². The monoisotopic (exact) mass is 306 g/mol. The Bertz CT molecular complexity index is 679. The molecule has 2 rings (SSSR count). The minimum atomic E-state index is -1.01. The Morgan fingerprint density at radius 2 is 1.67 bits per heavy atom. The number of carbonyl (C=O) groups excluding carboxylic acids is 1. The van der Waals surface area contributed by atoms with Gasteiger partial charge in [-0.15, -0.1) is 0 Å². The van der Waals surface area contributed by atoms with E-state index in [1.807, 2.05) is 0 Å². The zero-order chi connectivity index (χ0) is 15.4. The number of carboxylic acid groups (broad SMARTS) is 1. The zero-order valence-corrected chi connectivity index (χ0v) is 11.8. The number of halogens is 1. The van der Waals surface area contributed by atoms with Gasteiger partial charge in [-0.05, 0) is 36.4 Å². The maximum Gasteiger partial charge on any atom is 0.335 e. The first-order valence-electron chi connectivity index (χ1n) is 5.95. The fourth-order valence-corrected chi connectivity index (χ4v) is 1.74. The SMILES string of the molecule is CC(=O)Oc1cc(Oc2ccc(C(=O)O)cc2)ccc1Cl. The lowest BCUT2D eigenvalue weighted by Gasteiger charge is -2.09. The molecule has 2 aromatic carbocycles. The maximum absolute atomic E-state index is 11.0. The summed E-state index contributed by atoms with van der Waals surface area (Å²) in [6.45, 7) is 1.27. The van der Waals surface area contributed by atoms with Crippen LogP contribution in [-0.2, 0) is 4.79 Å². The number of hydrogen-bond donors (Lipinski definition) is 1. The molecule has 0 aromatic heterocycles. The van der Waals surface area contributed by atoms with Crippen molar-refractivity contribution in [3.05, 3.63) is 53.1 Å². The number of ether oxygens (including phenoxy) is 2. The highest BCUT2D eigenvalue weighted by atomic mass is 35.5. The van der Waals surface area contributed by atoms with Gasteiger partial charge in [0.05, 0.1) is 10.6 Å². The van der Waals surface area contributed by atoms with Crippen molar-refractivity contribution in [1.29, 1.82) is 0 Å². The number of hydrogen-bond acceptors (Lipinski definition) is 4. The first kappa shape index (κ1) is 14.9. The van der Waals surface area contributed by atoms with Gasteiger partial charge in [-0.2, -0.15) is 0 Å². The van der Waals surface area contributed by atoms with E-state index in [1.54, 1.807) is 12.1 Å². The minimum Gasteiger partial charge on any atom is -0.478 e. The fraction of sp³-hybridized carbons (Fsp3) is 0.0667. The van der Waals surface area contributed by atoms with Crippen molar-refractivity contribution >= 4 is 23.5 Å². The van der Waals surface area contributed by atoms with Gasteiger partial charge in [0.25, 0.3) is 0 Å². The smallest absolute Gasteiger partial charge is 0.335 e. The van der Waals surface area contributed by atoms with E-state index >= 15 is 0 Å². The van der Waals surface area contributed by atoms with Gasteiger partial charge in [0.1, 0.15) is 11.5 Å². The predicted octanol–water partition coefficient (Wildman–Crippen LogP) is 3.76. The second-order valence-corrected chi connectivity index (χ2v) is 4.52.